The number of aromatic nitrogens is 2. The fourth-order valence-corrected chi connectivity index (χ4v) is 1.70. The van der Waals surface area contributed by atoms with Crippen molar-refractivity contribution >= 4 is 5.71 Å². The smallest absolute Gasteiger partial charge is 0.0952 e. The zero-order valence-corrected chi connectivity index (χ0v) is 9.51. The highest BCUT2D eigenvalue weighted by Crippen LogP contribution is 2.14. The molecule has 16 heavy (non-hydrogen) atoms. The van der Waals surface area contributed by atoms with Gasteiger partial charge in [-0.15, -0.1) is 0 Å². The Hall–Kier alpha value is -1.90. The Labute approximate surface area is 95.3 Å². The molecule has 0 aliphatic rings. The van der Waals surface area contributed by atoms with Gasteiger partial charge in [0.05, 0.1) is 18.1 Å². The lowest BCUT2D eigenvalue weighted by Gasteiger charge is -2.15. The molecule has 1 aromatic heterocycles. The molecule has 0 amide bonds. The lowest BCUT2D eigenvalue weighted by atomic mass is 10.0. The number of nitrogens with zero attached hydrogens (tertiary/aromatic N) is 2. The standard InChI is InChI=1S/C13H15N3/c1-10-4-3-5-12(8-10)13(14)11(2)16-7-6-15-9-16/h3-9,11,14H,1-2H3. The second-order valence-corrected chi connectivity index (χ2v) is 3.97. The lowest BCUT2D eigenvalue weighted by molar-refractivity contribution is 0.691. The van der Waals surface area contributed by atoms with Crippen LogP contribution >= 0.6 is 0 Å². The van der Waals surface area contributed by atoms with E-state index in [1.165, 1.54) is 5.56 Å². The minimum absolute atomic E-state index is 0.0179. The van der Waals surface area contributed by atoms with E-state index in [-0.39, 0.29) is 6.04 Å². The Kier molecular flexibility index (Phi) is 2.86. The fourth-order valence-electron chi connectivity index (χ4n) is 1.70. The Morgan fingerprint density at radius 3 is 2.88 bits per heavy atom. The van der Waals surface area contributed by atoms with E-state index >= 15 is 0 Å². The first-order valence-corrected chi connectivity index (χ1v) is 5.31. The van der Waals surface area contributed by atoms with Gasteiger partial charge in [0, 0.05) is 12.4 Å². The van der Waals surface area contributed by atoms with Crippen LogP contribution in [0.5, 0.6) is 0 Å². The molecule has 2 rings (SSSR count). The van der Waals surface area contributed by atoms with Crippen LogP contribution in [0.15, 0.2) is 43.0 Å². The van der Waals surface area contributed by atoms with Crippen LogP contribution in [0.25, 0.3) is 0 Å². The summed E-state index contributed by atoms with van der Waals surface area (Å²) in [5.74, 6) is 0. The summed E-state index contributed by atoms with van der Waals surface area (Å²) in [6, 6.07) is 8.06. The molecule has 3 heteroatoms. The van der Waals surface area contributed by atoms with Gasteiger partial charge in [-0.25, -0.2) is 4.98 Å². The Morgan fingerprint density at radius 1 is 1.44 bits per heavy atom. The lowest BCUT2D eigenvalue weighted by Crippen LogP contribution is -2.15. The normalized spacial score (nSPS) is 12.4. The van der Waals surface area contributed by atoms with Crippen molar-refractivity contribution in [3.8, 4) is 0 Å². The molecule has 0 saturated carbocycles. The van der Waals surface area contributed by atoms with E-state index in [1.807, 2.05) is 48.9 Å². The molecule has 0 bridgehead atoms. The van der Waals surface area contributed by atoms with Gasteiger partial charge in [-0.1, -0.05) is 29.8 Å². The molecule has 0 aliphatic heterocycles. The van der Waals surface area contributed by atoms with Crippen molar-refractivity contribution in [1.82, 2.24) is 9.55 Å². The molecule has 1 atom stereocenters. The molecule has 0 saturated heterocycles. The van der Waals surface area contributed by atoms with Crippen LogP contribution in [0.1, 0.15) is 24.1 Å². The zero-order chi connectivity index (χ0) is 11.5. The molecule has 1 aromatic carbocycles. The van der Waals surface area contributed by atoms with Gasteiger partial charge in [0.25, 0.3) is 0 Å². The van der Waals surface area contributed by atoms with Gasteiger partial charge in [0.1, 0.15) is 0 Å². The van der Waals surface area contributed by atoms with Gasteiger partial charge in [-0.05, 0) is 19.4 Å². The second kappa shape index (κ2) is 4.31. The third-order valence-electron chi connectivity index (χ3n) is 2.72. The van der Waals surface area contributed by atoms with Gasteiger partial charge in [0.15, 0.2) is 0 Å². The van der Waals surface area contributed by atoms with E-state index in [2.05, 4.69) is 4.98 Å². The van der Waals surface area contributed by atoms with Gasteiger partial charge >= 0.3 is 0 Å². The number of nitrogens with one attached hydrogen (secondary N) is 1. The minimum atomic E-state index is 0.0179. The zero-order valence-electron chi connectivity index (χ0n) is 9.51. The molecule has 0 spiro atoms. The van der Waals surface area contributed by atoms with Crippen molar-refractivity contribution in [2.24, 2.45) is 0 Å². The maximum atomic E-state index is 8.16. The molecular formula is C13H15N3. The average Bonchev–Trinajstić information content (AvgIpc) is 2.80. The first-order chi connectivity index (χ1) is 7.68. The first kappa shape index (κ1) is 10.6. The van der Waals surface area contributed by atoms with E-state index in [0.717, 1.165) is 5.56 Å². The fraction of sp³-hybridized carbons (Fsp3) is 0.231. The van der Waals surface area contributed by atoms with E-state index in [4.69, 9.17) is 5.41 Å². The molecule has 3 nitrogen and oxygen atoms in total. The second-order valence-electron chi connectivity index (χ2n) is 3.97. The van der Waals surface area contributed by atoms with E-state index in [0.29, 0.717) is 5.71 Å². The topological polar surface area (TPSA) is 41.7 Å². The molecule has 0 radical (unpaired) electrons. The average molecular weight is 213 g/mol. The summed E-state index contributed by atoms with van der Waals surface area (Å²) >= 11 is 0. The molecule has 1 heterocycles. The van der Waals surface area contributed by atoms with Crippen molar-refractivity contribution in [1.29, 1.82) is 5.41 Å². The maximum absolute atomic E-state index is 8.16. The summed E-state index contributed by atoms with van der Waals surface area (Å²) in [7, 11) is 0. The van der Waals surface area contributed by atoms with Gasteiger partial charge in [-0.3, -0.25) is 0 Å². The summed E-state index contributed by atoms with van der Waals surface area (Å²) in [6.45, 7) is 4.05. The van der Waals surface area contributed by atoms with Gasteiger partial charge < -0.3 is 9.98 Å². The summed E-state index contributed by atoms with van der Waals surface area (Å²) in [4.78, 5) is 4.00. The van der Waals surface area contributed by atoms with E-state index in [1.54, 1.807) is 12.5 Å². The molecule has 1 N–H and O–H groups in total. The Bertz CT molecular complexity index is 486. The molecular weight excluding hydrogens is 198 g/mol. The number of rotatable bonds is 3. The van der Waals surface area contributed by atoms with Crippen molar-refractivity contribution < 1.29 is 0 Å². The predicted molar refractivity (Wildman–Crippen MR) is 64.9 cm³/mol. The van der Waals surface area contributed by atoms with Crippen LogP contribution in [-0.4, -0.2) is 15.3 Å². The van der Waals surface area contributed by atoms with Crippen LogP contribution in [0, 0.1) is 12.3 Å². The number of imidazole rings is 1. The van der Waals surface area contributed by atoms with Crippen molar-refractivity contribution in [2.45, 2.75) is 19.9 Å². The predicted octanol–water partition coefficient (Wildman–Crippen LogP) is 2.82. The summed E-state index contributed by atoms with van der Waals surface area (Å²) in [5, 5.41) is 8.16. The summed E-state index contributed by atoms with van der Waals surface area (Å²) < 4.78 is 1.94. The number of hydrogen-bond donors (Lipinski definition) is 1. The number of hydrogen-bond acceptors (Lipinski definition) is 2. The first-order valence-electron chi connectivity index (χ1n) is 5.31. The monoisotopic (exact) mass is 213 g/mol. The number of aryl methyl sites for hydroxylation is 1. The van der Waals surface area contributed by atoms with Crippen molar-refractivity contribution in [3.05, 3.63) is 54.1 Å². The third kappa shape index (κ3) is 2.03. The van der Waals surface area contributed by atoms with Crippen LogP contribution < -0.4 is 0 Å². The van der Waals surface area contributed by atoms with Crippen molar-refractivity contribution in [2.75, 3.05) is 0 Å². The quantitative estimate of drug-likeness (QED) is 0.783. The van der Waals surface area contributed by atoms with Gasteiger partial charge in [0.2, 0.25) is 0 Å². The molecule has 2 aromatic rings. The molecule has 1 unspecified atom stereocenters. The maximum Gasteiger partial charge on any atom is 0.0952 e. The van der Waals surface area contributed by atoms with Crippen LogP contribution in [0.4, 0.5) is 0 Å². The van der Waals surface area contributed by atoms with E-state index < -0.39 is 0 Å². The highest BCUT2D eigenvalue weighted by Gasteiger charge is 2.12. The molecule has 0 fully saturated rings. The number of benzene rings is 1. The molecule has 0 aliphatic carbocycles. The minimum Gasteiger partial charge on any atom is -0.329 e. The largest absolute Gasteiger partial charge is 0.329 e. The SMILES string of the molecule is Cc1cccc(C(=N)C(C)n2ccnc2)c1. The van der Waals surface area contributed by atoms with Crippen LogP contribution in [0.2, 0.25) is 0 Å². The van der Waals surface area contributed by atoms with Gasteiger partial charge in [-0.2, -0.15) is 0 Å². The molecule has 82 valence electrons. The Morgan fingerprint density at radius 2 is 2.25 bits per heavy atom. The highest BCUT2D eigenvalue weighted by atomic mass is 15.1. The highest BCUT2D eigenvalue weighted by molar-refractivity contribution is 6.00. The van der Waals surface area contributed by atoms with E-state index in [9.17, 15) is 0 Å². The third-order valence-corrected chi connectivity index (χ3v) is 2.72. The summed E-state index contributed by atoms with van der Waals surface area (Å²) in [6.07, 6.45) is 5.37. The van der Waals surface area contributed by atoms with Crippen LogP contribution in [-0.2, 0) is 0 Å². The Balaban J connectivity index is 2.26. The van der Waals surface area contributed by atoms with Crippen LogP contribution in [0.3, 0.4) is 0 Å². The summed E-state index contributed by atoms with van der Waals surface area (Å²) in [5.41, 5.74) is 2.77. The van der Waals surface area contributed by atoms with Crippen molar-refractivity contribution in [3.63, 3.8) is 0 Å².